The maximum atomic E-state index is 12.0. The van der Waals surface area contributed by atoms with Crippen LogP contribution in [0.2, 0.25) is 0 Å². The third-order valence-corrected chi connectivity index (χ3v) is 10.5. The highest BCUT2D eigenvalue weighted by atomic mass is 16.6. The van der Waals surface area contributed by atoms with Crippen molar-refractivity contribution in [2.75, 3.05) is 26.4 Å². The molecule has 0 spiro atoms. The van der Waals surface area contributed by atoms with Gasteiger partial charge in [0, 0.05) is 44.3 Å². The van der Waals surface area contributed by atoms with E-state index in [9.17, 15) is 9.59 Å². The van der Waals surface area contributed by atoms with Crippen LogP contribution in [0.4, 0.5) is 0 Å². The van der Waals surface area contributed by atoms with Gasteiger partial charge in [-0.3, -0.25) is 0 Å². The number of aromatic nitrogens is 4. The van der Waals surface area contributed by atoms with Gasteiger partial charge in [0.05, 0.1) is 36.0 Å². The Morgan fingerprint density at radius 1 is 0.419 bits per heavy atom. The largest absolute Gasteiger partial charge is 0.482 e. The smallest absolute Gasteiger partial charge is 0.344 e. The summed E-state index contributed by atoms with van der Waals surface area (Å²) in [4.78, 5) is 42.3. The Bertz CT molecular complexity index is 2800. The van der Waals surface area contributed by atoms with E-state index in [1.807, 2.05) is 84.9 Å². The Hall–Kier alpha value is -7.98. The number of nitrogens with zero attached hydrogens (tertiary/aromatic N) is 2. The molecule has 0 aliphatic carbocycles. The van der Waals surface area contributed by atoms with E-state index in [2.05, 4.69) is 82.8 Å². The van der Waals surface area contributed by atoms with Gasteiger partial charge in [-0.15, -0.1) is 0 Å². The Balaban J connectivity index is 1.30. The van der Waals surface area contributed by atoms with Crippen LogP contribution in [0.5, 0.6) is 11.5 Å². The van der Waals surface area contributed by atoms with Crippen LogP contribution in [-0.4, -0.2) is 58.3 Å². The highest BCUT2D eigenvalue weighted by molar-refractivity contribution is 5.99. The number of hydrogen-bond donors (Lipinski definition) is 2. The number of H-pyrrole nitrogens is 2. The minimum atomic E-state index is -0.422. The number of carbonyl (C=O) groups excluding carboxylic acids is 2. The van der Waals surface area contributed by atoms with Gasteiger partial charge in [-0.2, -0.15) is 0 Å². The lowest BCUT2D eigenvalue weighted by molar-refractivity contribution is -0.146. The minimum absolute atomic E-state index is 0.176. The Morgan fingerprint density at radius 3 is 1.03 bits per heavy atom. The van der Waals surface area contributed by atoms with Crippen molar-refractivity contribution in [2.24, 2.45) is 0 Å². The molecule has 2 N–H and O–H groups in total. The summed E-state index contributed by atoms with van der Waals surface area (Å²) < 4.78 is 21.6. The van der Waals surface area contributed by atoms with Gasteiger partial charge >= 0.3 is 11.9 Å². The van der Waals surface area contributed by atoms with E-state index in [0.717, 1.165) is 89.4 Å². The number of rotatable bonds is 12. The molecule has 3 aromatic heterocycles. The third kappa shape index (κ3) is 8.26. The van der Waals surface area contributed by atoms with Crippen molar-refractivity contribution in [2.45, 2.75) is 13.8 Å². The monoisotopic (exact) mass is 818 g/mol. The van der Waals surface area contributed by atoms with Crippen molar-refractivity contribution in [3.05, 3.63) is 156 Å². The number of carbonyl (C=O) groups is 2. The van der Waals surface area contributed by atoms with E-state index >= 15 is 0 Å². The van der Waals surface area contributed by atoms with Crippen molar-refractivity contribution < 1.29 is 28.5 Å². The minimum Gasteiger partial charge on any atom is -0.482 e. The first-order valence-corrected chi connectivity index (χ1v) is 20.5. The fourth-order valence-electron chi connectivity index (χ4n) is 7.76. The molecular formula is C52H42N4O6. The van der Waals surface area contributed by atoms with Crippen LogP contribution in [0.15, 0.2) is 133 Å². The summed E-state index contributed by atoms with van der Waals surface area (Å²) in [5, 5.41) is 0. The maximum Gasteiger partial charge on any atom is 0.344 e. The third-order valence-electron chi connectivity index (χ3n) is 10.5. The number of fused-ring (bicyclic) bond motifs is 8. The summed E-state index contributed by atoms with van der Waals surface area (Å²) in [5.74, 6) is 0.256. The van der Waals surface area contributed by atoms with Crippen LogP contribution in [0.1, 0.15) is 36.6 Å². The average Bonchev–Trinajstić information content (AvgIpc) is 4.15. The standard InChI is InChI=1S/C52H42N4O6/c1-3-59-47(57)31-61-37-19-15-35(16-20-37)51-43-27-23-39(53-43)49(33-11-7-5-8-12-33)41-25-29-45(55-41)52(36-17-21-38(22-18-36)62-32-48(58)60-4-2)46-30-26-42(56-46)50(34-13-9-6-10-14-34)40-24-28-44(51)54-40/h5-30,53,56H,3-4,31-32H2,1-2H3. The van der Waals surface area contributed by atoms with E-state index in [4.69, 9.17) is 28.9 Å². The first kappa shape index (κ1) is 39.5. The first-order valence-electron chi connectivity index (χ1n) is 20.5. The second-order valence-electron chi connectivity index (χ2n) is 14.5. The molecule has 62 heavy (non-hydrogen) atoms. The molecule has 2 aliphatic rings. The number of nitrogens with one attached hydrogen (secondary N) is 2. The molecule has 4 aromatic carbocycles. The van der Waals surface area contributed by atoms with Gasteiger partial charge in [-0.05, 0) is 109 Å². The van der Waals surface area contributed by atoms with Gasteiger partial charge in [0.15, 0.2) is 13.2 Å². The Labute approximate surface area is 358 Å². The fraction of sp³-hybridized carbons (Fsp3) is 0.115. The molecule has 2 aliphatic heterocycles. The van der Waals surface area contributed by atoms with Crippen molar-refractivity contribution in [3.8, 4) is 56.0 Å². The summed E-state index contributed by atoms with van der Waals surface area (Å²) in [7, 11) is 0. The topological polar surface area (TPSA) is 128 Å². The molecule has 0 atom stereocenters. The van der Waals surface area contributed by atoms with E-state index in [0.29, 0.717) is 24.7 Å². The predicted molar refractivity (Wildman–Crippen MR) is 245 cm³/mol. The van der Waals surface area contributed by atoms with Crippen LogP contribution in [0.3, 0.4) is 0 Å². The fourth-order valence-corrected chi connectivity index (χ4v) is 7.76. The number of hydrogen-bond acceptors (Lipinski definition) is 8. The zero-order valence-corrected chi connectivity index (χ0v) is 34.2. The molecule has 8 bridgehead atoms. The number of esters is 2. The van der Waals surface area contributed by atoms with Crippen LogP contribution in [-0.2, 0) is 19.1 Å². The second kappa shape index (κ2) is 17.7. The number of benzene rings is 4. The number of ether oxygens (including phenoxy) is 4. The van der Waals surface area contributed by atoms with Crippen LogP contribution in [0, 0.1) is 0 Å². The molecule has 7 aromatic rings. The van der Waals surface area contributed by atoms with Gasteiger partial charge in [0.2, 0.25) is 0 Å². The van der Waals surface area contributed by atoms with Crippen LogP contribution >= 0.6 is 0 Å². The molecule has 0 amide bonds. The quantitative estimate of drug-likeness (QED) is 0.117. The highest BCUT2D eigenvalue weighted by Gasteiger charge is 2.19. The van der Waals surface area contributed by atoms with E-state index in [1.54, 1.807) is 13.8 Å². The number of aromatic amines is 2. The molecular weight excluding hydrogens is 777 g/mol. The highest BCUT2D eigenvalue weighted by Crippen LogP contribution is 2.39. The molecule has 9 rings (SSSR count). The van der Waals surface area contributed by atoms with Gasteiger partial charge in [-0.1, -0.05) is 84.9 Å². The van der Waals surface area contributed by atoms with E-state index in [1.165, 1.54) is 0 Å². The summed E-state index contributed by atoms with van der Waals surface area (Å²) in [6, 6.07) is 44.1. The average molecular weight is 819 g/mol. The molecule has 306 valence electrons. The van der Waals surface area contributed by atoms with Gasteiger partial charge in [0.25, 0.3) is 0 Å². The van der Waals surface area contributed by atoms with Gasteiger partial charge < -0.3 is 28.9 Å². The van der Waals surface area contributed by atoms with Crippen molar-refractivity contribution in [3.63, 3.8) is 0 Å². The SMILES string of the molecule is CCOC(=O)COc1ccc(-c2c3nc(c(-c4ccccc4)c4ccc([nH]4)c(-c4ccc(OCC(=O)OCC)cc4)c4nc(c(-c5ccccc5)c5ccc2[nH]5)C=C4)C=C3)cc1. The summed E-state index contributed by atoms with van der Waals surface area (Å²) >= 11 is 0. The molecule has 5 heterocycles. The predicted octanol–water partition coefficient (Wildman–Crippen LogP) is 11.2. The molecule has 10 nitrogen and oxygen atoms in total. The summed E-state index contributed by atoms with van der Waals surface area (Å²) in [6.07, 6.45) is 8.22. The molecule has 0 saturated carbocycles. The lowest BCUT2D eigenvalue weighted by atomic mass is 10.0. The Kier molecular flexibility index (Phi) is 11.3. The normalized spacial score (nSPS) is 11.6. The van der Waals surface area contributed by atoms with Gasteiger partial charge in [0.1, 0.15) is 11.5 Å². The second-order valence-corrected chi connectivity index (χ2v) is 14.5. The Morgan fingerprint density at radius 2 is 0.726 bits per heavy atom. The zero-order chi connectivity index (χ0) is 42.4. The summed E-state index contributed by atoms with van der Waals surface area (Å²) in [5.41, 5.74) is 14.1. The van der Waals surface area contributed by atoms with Crippen molar-refractivity contribution in [1.82, 2.24) is 19.9 Å². The zero-order valence-electron chi connectivity index (χ0n) is 34.2. The van der Waals surface area contributed by atoms with E-state index < -0.39 is 11.9 Å². The molecule has 10 heteroatoms. The lowest BCUT2D eigenvalue weighted by Gasteiger charge is -2.09. The first-order chi connectivity index (χ1) is 30.4. The van der Waals surface area contributed by atoms with E-state index in [-0.39, 0.29) is 13.2 Å². The molecule has 0 unspecified atom stereocenters. The molecule has 0 saturated heterocycles. The van der Waals surface area contributed by atoms with Gasteiger partial charge in [-0.25, -0.2) is 19.6 Å². The lowest BCUT2D eigenvalue weighted by Crippen LogP contribution is -2.14. The molecule has 0 radical (unpaired) electrons. The van der Waals surface area contributed by atoms with Crippen LogP contribution < -0.4 is 9.47 Å². The van der Waals surface area contributed by atoms with Crippen molar-refractivity contribution in [1.29, 1.82) is 0 Å². The van der Waals surface area contributed by atoms with Crippen molar-refractivity contribution >= 4 is 58.3 Å². The molecule has 0 fully saturated rings. The summed E-state index contributed by atoms with van der Waals surface area (Å²) in [6.45, 7) is 3.76. The maximum absolute atomic E-state index is 12.0. The van der Waals surface area contributed by atoms with Crippen LogP contribution in [0.25, 0.3) is 90.9 Å².